The van der Waals surface area contributed by atoms with Gasteiger partial charge in [0.05, 0.1) is 12.3 Å². The molecule has 1 aromatic heterocycles. The van der Waals surface area contributed by atoms with Crippen molar-refractivity contribution >= 4 is 5.91 Å². The monoisotopic (exact) mass is 275 g/mol. The second-order valence-corrected chi connectivity index (χ2v) is 5.87. The van der Waals surface area contributed by atoms with E-state index in [4.69, 9.17) is 4.74 Å². The van der Waals surface area contributed by atoms with Crippen LogP contribution in [-0.2, 0) is 4.74 Å². The predicted octanol–water partition coefficient (Wildman–Crippen LogP) is 1.90. The van der Waals surface area contributed by atoms with Gasteiger partial charge in [0.15, 0.2) is 0 Å². The first-order valence-corrected chi connectivity index (χ1v) is 7.39. The highest BCUT2D eigenvalue weighted by atomic mass is 16.5. The van der Waals surface area contributed by atoms with Crippen molar-refractivity contribution in [3.8, 4) is 0 Å². The molecule has 1 aliphatic heterocycles. The molecule has 0 aromatic carbocycles. The van der Waals surface area contributed by atoms with E-state index in [0.29, 0.717) is 17.2 Å². The molecule has 1 aromatic rings. The third-order valence-corrected chi connectivity index (χ3v) is 4.62. The van der Waals surface area contributed by atoms with Crippen molar-refractivity contribution in [3.63, 3.8) is 0 Å². The lowest BCUT2D eigenvalue weighted by Crippen LogP contribution is -2.51. The Balaban J connectivity index is 1.53. The fraction of sp³-hybridized carbons (Fsp3) is 0.667. The Hall–Kier alpha value is -1.49. The van der Waals surface area contributed by atoms with Crippen molar-refractivity contribution in [2.45, 2.75) is 38.7 Å². The third kappa shape index (κ3) is 2.54. The maximum absolute atomic E-state index is 12.3. The zero-order chi connectivity index (χ0) is 14.0. The summed E-state index contributed by atoms with van der Waals surface area (Å²) in [5.41, 5.74) is 0.878. The molecule has 3 rings (SSSR count). The molecule has 2 heterocycles. The lowest BCUT2D eigenvalue weighted by Gasteiger charge is -2.51. The van der Waals surface area contributed by atoms with Crippen molar-refractivity contribution in [3.05, 3.63) is 24.3 Å². The minimum Gasteiger partial charge on any atom is -0.378 e. The molecule has 0 unspecified atom stereocenters. The minimum atomic E-state index is 0.00799. The first-order valence-electron chi connectivity index (χ1n) is 7.39. The molecule has 108 valence electrons. The molecule has 0 bridgehead atoms. The molecular weight excluding hydrogens is 254 g/mol. The molecule has 5 heteroatoms. The first-order chi connectivity index (χ1) is 9.72. The van der Waals surface area contributed by atoms with Gasteiger partial charge in [0.2, 0.25) is 0 Å². The van der Waals surface area contributed by atoms with Crippen molar-refractivity contribution < 1.29 is 9.53 Å². The highest BCUT2D eigenvalue weighted by Gasteiger charge is 2.46. The van der Waals surface area contributed by atoms with Crippen molar-refractivity contribution in [2.24, 2.45) is 5.41 Å². The summed E-state index contributed by atoms with van der Waals surface area (Å²) in [6.07, 6.45) is 9.64. The van der Waals surface area contributed by atoms with Crippen LogP contribution in [0, 0.1) is 5.41 Å². The lowest BCUT2D eigenvalue weighted by molar-refractivity contribution is -0.0981. The number of rotatable bonds is 3. The topological polar surface area (TPSA) is 55.3 Å². The quantitative estimate of drug-likeness (QED) is 0.845. The van der Waals surface area contributed by atoms with Gasteiger partial charge in [0.25, 0.3) is 5.91 Å². The van der Waals surface area contributed by atoms with Gasteiger partial charge >= 0.3 is 0 Å². The van der Waals surface area contributed by atoms with Crippen LogP contribution in [0.2, 0.25) is 0 Å². The van der Waals surface area contributed by atoms with E-state index in [-0.39, 0.29) is 5.91 Å². The number of hydrogen-bond donors (Lipinski definition) is 0. The maximum Gasteiger partial charge on any atom is 0.274 e. The number of carbonyl (C=O) groups excluding carboxylic acids is 1. The largest absolute Gasteiger partial charge is 0.378 e. The molecule has 0 N–H and O–H groups in total. The molecular formula is C15H21N3O2. The average molecular weight is 275 g/mol. The van der Waals surface area contributed by atoms with Gasteiger partial charge in [-0.1, -0.05) is 0 Å². The SMILES string of the molecule is CCOC1CC2(CCN(C(=O)c3cnccn3)CC2)C1. The lowest BCUT2D eigenvalue weighted by atomic mass is 9.61. The van der Waals surface area contributed by atoms with Crippen LogP contribution in [0.25, 0.3) is 0 Å². The molecule has 2 aliphatic rings. The van der Waals surface area contributed by atoms with Crippen LogP contribution >= 0.6 is 0 Å². The van der Waals surface area contributed by atoms with Gasteiger partial charge in [-0.3, -0.25) is 9.78 Å². The average Bonchev–Trinajstić information content (AvgIpc) is 2.47. The van der Waals surface area contributed by atoms with Crippen LogP contribution in [0.3, 0.4) is 0 Å². The van der Waals surface area contributed by atoms with Crippen molar-refractivity contribution in [1.29, 1.82) is 0 Å². The number of amides is 1. The van der Waals surface area contributed by atoms with E-state index in [1.54, 1.807) is 18.6 Å². The Kier molecular flexibility index (Phi) is 3.70. The van der Waals surface area contributed by atoms with E-state index in [0.717, 1.165) is 45.4 Å². The second-order valence-electron chi connectivity index (χ2n) is 5.87. The molecule has 1 amide bonds. The van der Waals surface area contributed by atoms with Gasteiger partial charge in [0.1, 0.15) is 5.69 Å². The van der Waals surface area contributed by atoms with Crippen LogP contribution < -0.4 is 0 Å². The number of piperidine rings is 1. The zero-order valence-electron chi connectivity index (χ0n) is 11.9. The van der Waals surface area contributed by atoms with Gasteiger partial charge in [0, 0.05) is 32.1 Å². The summed E-state index contributed by atoms with van der Waals surface area (Å²) in [5, 5.41) is 0. The zero-order valence-corrected chi connectivity index (χ0v) is 11.9. The Morgan fingerprint density at radius 1 is 1.40 bits per heavy atom. The molecule has 0 radical (unpaired) electrons. The van der Waals surface area contributed by atoms with Crippen LogP contribution in [0.15, 0.2) is 18.6 Å². The van der Waals surface area contributed by atoms with E-state index in [9.17, 15) is 4.79 Å². The molecule has 1 saturated carbocycles. The molecule has 0 atom stereocenters. The fourth-order valence-corrected chi connectivity index (χ4v) is 3.42. The summed E-state index contributed by atoms with van der Waals surface area (Å²) in [4.78, 5) is 22.2. The predicted molar refractivity (Wildman–Crippen MR) is 74.3 cm³/mol. The number of nitrogens with zero attached hydrogens (tertiary/aromatic N) is 3. The van der Waals surface area contributed by atoms with Crippen LogP contribution in [0.4, 0.5) is 0 Å². The normalized spacial score (nSPS) is 21.8. The first kappa shape index (κ1) is 13.5. The Labute approximate surface area is 119 Å². The summed E-state index contributed by atoms with van der Waals surface area (Å²) in [7, 11) is 0. The van der Waals surface area contributed by atoms with E-state index in [1.807, 2.05) is 11.8 Å². The summed E-state index contributed by atoms with van der Waals surface area (Å²) in [5.74, 6) is 0.00799. The number of ether oxygens (including phenoxy) is 1. The standard InChI is InChI=1S/C15H21N3O2/c1-2-20-12-9-15(10-12)3-7-18(8-4-15)14(19)13-11-16-5-6-17-13/h5-6,11-12H,2-4,7-10H2,1H3. The fourth-order valence-electron chi connectivity index (χ4n) is 3.42. The van der Waals surface area contributed by atoms with Gasteiger partial charge in [-0.2, -0.15) is 0 Å². The van der Waals surface area contributed by atoms with E-state index < -0.39 is 0 Å². The van der Waals surface area contributed by atoms with Gasteiger partial charge in [-0.25, -0.2) is 4.98 Å². The van der Waals surface area contributed by atoms with Crippen LogP contribution in [0.5, 0.6) is 0 Å². The van der Waals surface area contributed by atoms with E-state index in [1.165, 1.54) is 0 Å². The number of hydrogen-bond acceptors (Lipinski definition) is 4. The molecule has 1 saturated heterocycles. The van der Waals surface area contributed by atoms with Gasteiger partial charge < -0.3 is 9.64 Å². The molecule has 2 fully saturated rings. The smallest absolute Gasteiger partial charge is 0.274 e. The Bertz CT molecular complexity index is 461. The maximum atomic E-state index is 12.3. The third-order valence-electron chi connectivity index (χ3n) is 4.62. The van der Waals surface area contributed by atoms with Gasteiger partial charge in [-0.05, 0) is 38.0 Å². The van der Waals surface area contributed by atoms with Crippen LogP contribution in [0.1, 0.15) is 43.1 Å². The summed E-state index contributed by atoms with van der Waals surface area (Å²) in [6, 6.07) is 0. The molecule has 1 aliphatic carbocycles. The highest BCUT2D eigenvalue weighted by molar-refractivity contribution is 5.92. The van der Waals surface area contributed by atoms with Crippen molar-refractivity contribution in [1.82, 2.24) is 14.9 Å². The molecule has 20 heavy (non-hydrogen) atoms. The van der Waals surface area contributed by atoms with E-state index in [2.05, 4.69) is 9.97 Å². The Morgan fingerprint density at radius 3 is 2.75 bits per heavy atom. The van der Waals surface area contributed by atoms with Gasteiger partial charge in [-0.15, -0.1) is 0 Å². The van der Waals surface area contributed by atoms with Crippen molar-refractivity contribution in [2.75, 3.05) is 19.7 Å². The number of carbonyl (C=O) groups is 1. The van der Waals surface area contributed by atoms with Crippen LogP contribution in [-0.4, -0.2) is 46.6 Å². The minimum absolute atomic E-state index is 0.00799. The molecule has 1 spiro atoms. The summed E-state index contributed by atoms with van der Waals surface area (Å²) >= 11 is 0. The Morgan fingerprint density at radius 2 is 2.15 bits per heavy atom. The number of aromatic nitrogens is 2. The highest BCUT2D eigenvalue weighted by Crippen LogP contribution is 2.50. The summed E-state index contributed by atoms with van der Waals surface area (Å²) in [6.45, 7) is 4.51. The molecule has 5 nitrogen and oxygen atoms in total. The number of likely N-dealkylation sites (tertiary alicyclic amines) is 1. The second kappa shape index (κ2) is 5.48. The summed E-state index contributed by atoms with van der Waals surface area (Å²) < 4.78 is 5.65. The van der Waals surface area contributed by atoms with E-state index >= 15 is 0 Å².